The molecule has 27 heavy (non-hydrogen) atoms. The zero-order valence-corrected chi connectivity index (χ0v) is 16.1. The average Bonchev–Trinajstić information content (AvgIpc) is 3.51. The summed E-state index contributed by atoms with van der Waals surface area (Å²) in [6.45, 7) is 6.21. The van der Waals surface area contributed by atoms with Crippen molar-refractivity contribution in [3.8, 4) is 17.4 Å². The first-order chi connectivity index (χ1) is 13.3. The molecule has 6 heteroatoms. The number of nitrogens with zero attached hydrogens (tertiary/aromatic N) is 2. The largest absolute Gasteiger partial charge is 0.494 e. The molecule has 2 aromatic rings. The van der Waals surface area contributed by atoms with Gasteiger partial charge < -0.3 is 20.1 Å². The van der Waals surface area contributed by atoms with Gasteiger partial charge in [0.2, 0.25) is 5.88 Å². The van der Waals surface area contributed by atoms with Gasteiger partial charge in [0.1, 0.15) is 11.5 Å². The zero-order valence-electron chi connectivity index (χ0n) is 16.1. The van der Waals surface area contributed by atoms with Gasteiger partial charge in [0.05, 0.1) is 13.2 Å². The molecule has 2 N–H and O–H groups in total. The minimum atomic E-state index is 0.503. The second kappa shape index (κ2) is 9.80. The van der Waals surface area contributed by atoms with E-state index in [1.807, 2.05) is 36.4 Å². The highest BCUT2D eigenvalue weighted by atomic mass is 16.5. The minimum Gasteiger partial charge on any atom is -0.494 e. The zero-order chi connectivity index (χ0) is 18.9. The number of benzene rings is 1. The summed E-state index contributed by atoms with van der Waals surface area (Å²) in [6, 6.07) is 12.1. The Morgan fingerprint density at radius 2 is 1.93 bits per heavy atom. The van der Waals surface area contributed by atoms with E-state index in [0.29, 0.717) is 25.1 Å². The first-order valence-corrected chi connectivity index (χ1v) is 9.68. The monoisotopic (exact) mass is 368 g/mol. The van der Waals surface area contributed by atoms with Gasteiger partial charge in [0.15, 0.2) is 5.96 Å². The van der Waals surface area contributed by atoms with Gasteiger partial charge in [-0.1, -0.05) is 13.0 Å². The lowest BCUT2D eigenvalue weighted by Gasteiger charge is -2.12. The molecule has 0 saturated heterocycles. The van der Waals surface area contributed by atoms with Gasteiger partial charge in [-0.05, 0) is 56.5 Å². The highest BCUT2D eigenvalue weighted by Crippen LogP contribution is 2.25. The molecule has 0 spiro atoms. The minimum absolute atomic E-state index is 0.503. The molecule has 0 unspecified atom stereocenters. The lowest BCUT2D eigenvalue weighted by molar-refractivity contribution is 0.317. The molecule has 0 amide bonds. The van der Waals surface area contributed by atoms with Crippen molar-refractivity contribution in [2.75, 3.05) is 13.2 Å². The summed E-state index contributed by atoms with van der Waals surface area (Å²) >= 11 is 0. The van der Waals surface area contributed by atoms with Crippen LogP contribution in [0.5, 0.6) is 17.4 Å². The summed E-state index contributed by atoms with van der Waals surface area (Å²) in [5.74, 6) is 2.99. The number of guanidine groups is 1. The van der Waals surface area contributed by atoms with Crippen LogP contribution in [-0.4, -0.2) is 30.1 Å². The molecule has 1 saturated carbocycles. The van der Waals surface area contributed by atoms with Crippen molar-refractivity contribution in [2.45, 2.75) is 45.7 Å². The van der Waals surface area contributed by atoms with Crippen molar-refractivity contribution >= 4 is 5.96 Å². The Morgan fingerprint density at radius 1 is 1.15 bits per heavy atom. The Labute approximate surface area is 161 Å². The summed E-state index contributed by atoms with van der Waals surface area (Å²) in [5.41, 5.74) is 0.941. The lowest BCUT2D eigenvalue weighted by Crippen LogP contribution is -2.38. The normalized spacial score (nSPS) is 13.9. The first kappa shape index (κ1) is 19.0. The Balaban J connectivity index is 1.66. The predicted octanol–water partition coefficient (Wildman–Crippen LogP) is 3.88. The molecule has 1 fully saturated rings. The van der Waals surface area contributed by atoms with Crippen LogP contribution in [0.2, 0.25) is 0 Å². The Bertz CT molecular complexity index is 742. The van der Waals surface area contributed by atoms with Crippen molar-refractivity contribution in [3.05, 3.63) is 48.2 Å². The average molecular weight is 368 g/mol. The van der Waals surface area contributed by atoms with Gasteiger partial charge in [0, 0.05) is 24.3 Å². The highest BCUT2D eigenvalue weighted by Gasteiger charge is 2.22. The van der Waals surface area contributed by atoms with E-state index in [1.165, 1.54) is 12.8 Å². The van der Waals surface area contributed by atoms with E-state index in [2.05, 4.69) is 34.5 Å². The molecule has 0 aliphatic heterocycles. The number of aliphatic imine (C=N–C) groups is 1. The fourth-order valence-corrected chi connectivity index (χ4v) is 2.48. The summed E-state index contributed by atoms with van der Waals surface area (Å²) in [7, 11) is 0. The fraction of sp³-hybridized carbons (Fsp3) is 0.429. The van der Waals surface area contributed by atoms with Crippen molar-refractivity contribution in [3.63, 3.8) is 0 Å². The molecule has 1 aliphatic rings. The molecule has 144 valence electrons. The second-order valence-electron chi connectivity index (χ2n) is 6.50. The first-order valence-electron chi connectivity index (χ1n) is 9.68. The van der Waals surface area contributed by atoms with E-state index in [0.717, 1.165) is 36.0 Å². The SMILES string of the molecule is CCCOc1ccc(Oc2ncccc2CN=C(NCC)NC2CC2)cc1. The number of rotatable bonds is 9. The number of ether oxygens (including phenoxy) is 2. The molecule has 1 aromatic carbocycles. The van der Waals surface area contributed by atoms with Gasteiger partial charge in [-0.15, -0.1) is 0 Å². The lowest BCUT2D eigenvalue weighted by atomic mass is 10.2. The van der Waals surface area contributed by atoms with E-state index in [9.17, 15) is 0 Å². The number of pyridine rings is 1. The molecule has 3 rings (SSSR count). The van der Waals surface area contributed by atoms with Crippen molar-refractivity contribution < 1.29 is 9.47 Å². The van der Waals surface area contributed by atoms with Crippen LogP contribution >= 0.6 is 0 Å². The van der Waals surface area contributed by atoms with E-state index in [1.54, 1.807) is 6.20 Å². The number of aromatic nitrogens is 1. The highest BCUT2D eigenvalue weighted by molar-refractivity contribution is 5.80. The van der Waals surface area contributed by atoms with Gasteiger partial charge in [-0.3, -0.25) is 0 Å². The van der Waals surface area contributed by atoms with Crippen LogP contribution in [0.4, 0.5) is 0 Å². The summed E-state index contributed by atoms with van der Waals surface area (Å²) < 4.78 is 11.6. The number of hydrogen-bond acceptors (Lipinski definition) is 4. The Kier molecular flexibility index (Phi) is 6.90. The molecule has 0 bridgehead atoms. The third-order valence-electron chi connectivity index (χ3n) is 4.03. The van der Waals surface area contributed by atoms with Crippen molar-refractivity contribution in [1.29, 1.82) is 0 Å². The topological polar surface area (TPSA) is 67.8 Å². The Morgan fingerprint density at radius 3 is 2.63 bits per heavy atom. The molecule has 1 aromatic heterocycles. The maximum absolute atomic E-state index is 5.98. The number of hydrogen-bond donors (Lipinski definition) is 2. The summed E-state index contributed by atoms with van der Waals surface area (Å²) in [6.07, 6.45) is 5.14. The van der Waals surface area contributed by atoms with E-state index in [4.69, 9.17) is 9.47 Å². The van der Waals surface area contributed by atoms with Gasteiger partial charge in [-0.2, -0.15) is 0 Å². The van der Waals surface area contributed by atoms with Crippen molar-refractivity contribution in [1.82, 2.24) is 15.6 Å². The molecule has 1 aliphatic carbocycles. The van der Waals surface area contributed by atoms with Crippen LogP contribution < -0.4 is 20.1 Å². The van der Waals surface area contributed by atoms with Crippen LogP contribution in [0.3, 0.4) is 0 Å². The molecule has 0 radical (unpaired) electrons. The third kappa shape index (κ3) is 6.16. The molecule has 0 atom stereocenters. The maximum atomic E-state index is 5.98. The third-order valence-corrected chi connectivity index (χ3v) is 4.03. The van der Waals surface area contributed by atoms with Crippen LogP contribution in [-0.2, 0) is 6.54 Å². The second-order valence-corrected chi connectivity index (χ2v) is 6.50. The maximum Gasteiger partial charge on any atom is 0.224 e. The van der Waals surface area contributed by atoms with E-state index in [-0.39, 0.29) is 0 Å². The van der Waals surface area contributed by atoms with Crippen LogP contribution in [0.15, 0.2) is 47.6 Å². The summed E-state index contributed by atoms with van der Waals surface area (Å²) in [5, 5.41) is 6.70. The molecular formula is C21H28N4O2. The number of nitrogens with one attached hydrogen (secondary N) is 2. The molecule has 1 heterocycles. The van der Waals surface area contributed by atoms with Crippen molar-refractivity contribution in [2.24, 2.45) is 4.99 Å². The summed E-state index contributed by atoms with van der Waals surface area (Å²) in [4.78, 5) is 9.05. The van der Waals surface area contributed by atoms with Gasteiger partial charge in [0.25, 0.3) is 0 Å². The van der Waals surface area contributed by atoms with E-state index < -0.39 is 0 Å². The van der Waals surface area contributed by atoms with Gasteiger partial charge >= 0.3 is 0 Å². The van der Waals surface area contributed by atoms with Crippen LogP contribution in [0.1, 0.15) is 38.7 Å². The molecule has 6 nitrogen and oxygen atoms in total. The van der Waals surface area contributed by atoms with Gasteiger partial charge in [-0.25, -0.2) is 9.98 Å². The smallest absolute Gasteiger partial charge is 0.224 e. The quantitative estimate of drug-likeness (QED) is 0.519. The fourth-order valence-electron chi connectivity index (χ4n) is 2.48. The Hall–Kier alpha value is -2.76. The standard InChI is InChI=1S/C21H28N4O2/c1-3-14-26-18-9-11-19(12-10-18)27-20-16(6-5-13-23-20)15-24-21(22-4-2)25-17-7-8-17/h5-6,9-13,17H,3-4,7-8,14-15H2,1-2H3,(H2,22,24,25). The predicted molar refractivity (Wildman–Crippen MR) is 108 cm³/mol. The van der Waals surface area contributed by atoms with Crippen LogP contribution in [0.25, 0.3) is 0 Å². The van der Waals surface area contributed by atoms with Crippen LogP contribution in [0, 0.1) is 0 Å². The molecular weight excluding hydrogens is 340 g/mol. The van der Waals surface area contributed by atoms with E-state index >= 15 is 0 Å².